The SMILES string of the molecule is Cc1cccc(NC(=O)Nc2c(N)cccc2Cl)c1. The Hall–Kier alpha value is -2.20. The first-order valence-electron chi connectivity index (χ1n) is 5.75. The number of nitrogens with two attached hydrogens (primary N) is 1. The maximum Gasteiger partial charge on any atom is 0.323 e. The predicted molar refractivity (Wildman–Crippen MR) is 79.7 cm³/mol. The molecule has 2 rings (SSSR count). The lowest BCUT2D eigenvalue weighted by molar-refractivity contribution is 0.262. The van der Waals surface area contributed by atoms with Crippen LogP contribution in [0.2, 0.25) is 5.02 Å². The van der Waals surface area contributed by atoms with Gasteiger partial charge in [-0.2, -0.15) is 0 Å². The molecule has 2 aromatic rings. The van der Waals surface area contributed by atoms with Crippen LogP contribution in [0, 0.1) is 6.92 Å². The molecule has 0 unspecified atom stereocenters. The zero-order valence-corrected chi connectivity index (χ0v) is 11.2. The normalized spacial score (nSPS) is 10.0. The van der Waals surface area contributed by atoms with Gasteiger partial charge in [-0.25, -0.2) is 4.79 Å². The summed E-state index contributed by atoms with van der Waals surface area (Å²) in [6.07, 6.45) is 0. The zero-order chi connectivity index (χ0) is 13.8. The summed E-state index contributed by atoms with van der Waals surface area (Å²) in [5.41, 5.74) is 8.37. The topological polar surface area (TPSA) is 67.2 Å². The van der Waals surface area contributed by atoms with Crippen LogP contribution in [-0.4, -0.2) is 6.03 Å². The van der Waals surface area contributed by atoms with Gasteiger partial charge in [0.25, 0.3) is 0 Å². The lowest BCUT2D eigenvalue weighted by Gasteiger charge is -2.11. The number of rotatable bonds is 2. The second-order valence-corrected chi connectivity index (χ2v) is 4.56. The molecule has 2 aromatic carbocycles. The highest BCUT2D eigenvalue weighted by molar-refractivity contribution is 6.34. The molecule has 0 fully saturated rings. The first-order chi connectivity index (χ1) is 9.06. The fourth-order valence-corrected chi connectivity index (χ4v) is 1.90. The molecule has 0 saturated heterocycles. The Morgan fingerprint density at radius 1 is 1.16 bits per heavy atom. The molecule has 4 N–H and O–H groups in total. The standard InChI is InChI=1S/C14H14ClN3O/c1-9-4-2-5-10(8-9)17-14(19)18-13-11(15)6-3-7-12(13)16/h2-8H,16H2,1H3,(H2,17,18,19). The highest BCUT2D eigenvalue weighted by Crippen LogP contribution is 2.27. The lowest BCUT2D eigenvalue weighted by Crippen LogP contribution is -2.20. The van der Waals surface area contributed by atoms with Gasteiger partial charge in [0, 0.05) is 5.69 Å². The first-order valence-corrected chi connectivity index (χ1v) is 6.13. The minimum atomic E-state index is -0.384. The molecule has 0 heterocycles. The van der Waals surface area contributed by atoms with Gasteiger partial charge < -0.3 is 16.4 Å². The summed E-state index contributed by atoms with van der Waals surface area (Å²) in [4.78, 5) is 11.9. The number of carbonyl (C=O) groups excluding carboxylic acids is 1. The summed E-state index contributed by atoms with van der Waals surface area (Å²) < 4.78 is 0. The molecular formula is C14H14ClN3O. The van der Waals surface area contributed by atoms with Crippen molar-refractivity contribution in [2.75, 3.05) is 16.4 Å². The van der Waals surface area contributed by atoms with Gasteiger partial charge in [0.2, 0.25) is 0 Å². The largest absolute Gasteiger partial charge is 0.397 e. The number of hydrogen-bond acceptors (Lipinski definition) is 2. The van der Waals surface area contributed by atoms with Crippen molar-refractivity contribution in [1.82, 2.24) is 0 Å². The van der Waals surface area contributed by atoms with Crippen LogP contribution in [0.4, 0.5) is 21.9 Å². The van der Waals surface area contributed by atoms with Crippen molar-refractivity contribution in [3.05, 3.63) is 53.1 Å². The molecule has 0 aromatic heterocycles. The number of anilines is 3. The summed E-state index contributed by atoms with van der Waals surface area (Å²) >= 11 is 5.98. The van der Waals surface area contributed by atoms with Gasteiger partial charge in [-0.15, -0.1) is 0 Å². The Morgan fingerprint density at radius 2 is 1.89 bits per heavy atom. The summed E-state index contributed by atoms with van der Waals surface area (Å²) in [7, 11) is 0. The molecule has 0 atom stereocenters. The van der Waals surface area contributed by atoms with E-state index in [-0.39, 0.29) is 6.03 Å². The van der Waals surface area contributed by atoms with Crippen LogP contribution in [0.15, 0.2) is 42.5 Å². The first kappa shape index (κ1) is 13.2. The van der Waals surface area contributed by atoms with Crippen molar-refractivity contribution in [2.24, 2.45) is 0 Å². The number of halogens is 1. The molecule has 98 valence electrons. The van der Waals surface area contributed by atoms with Gasteiger partial charge in [0.05, 0.1) is 16.4 Å². The van der Waals surface area contributed by atoms with Crippen molar-refractivity contribution in [1.29, 1.82) is 0 Å². The van der Waals surface area contributed by atoms with Crippen molar-refractivity contribution in [2.45, 2.75) is 6.92 Å². The third-order valence-corrected chi connectivity index (χ3v) is 2.88. The summed E-state index contributed by atoms with van der Waals surface area (Å²) in [6.45, 7) is 1.95. The van der Waals surface area contributed by atoms with Crippen molar-refractivity contribution in [3.8, 4) is 0 Å². The Kier molecular flexibility index (Phi) is 3.92. The van der Waals surface area contributed by atoms with E-state index in [0.29, 0.717) is 22.1 Å². The van der Waals surface area contributed by atoms with Crippen LogP contribution in [-0.2, 0) is 0 Å². The van der Waals surface area contributed by atoms with Gasteiger partial charge >= 0.3 is 6.03 Å². The molecule has 0 bridgehead atoms. The molecule has 0 aliphatic carbocycles. The molecule has 5 heteroatoms. The molecule has 0 aliphatic rings. The number of carbonyl (C=O) groups is 1. The molecule has 0 radical (unpaired) electrons. The molecule has 2 amide bonds. The third kappa shape index (κ3) is 3.39. The number of hydrogen-bond donors (Lipinski definition) is 3. The zero-order valence-electron chi connectivity index (χ0n) is 10.4. The number of nitrogens with one attached hydrogen (secondary N) is 2. The second kappa shape index (κ2) is 5.63. The fourth-order valence-electron chi connectivity index (χ4n) is 1.67. The molecule has 4 nitrogen and oxygen atoms in total. The summed E-state index contributed by atoms with van der Waals surface area (Å²) in [6, 6.07) is 12.2. The number of amides is 2. The van der Waals surface area contributed by atoms with Gasteiger partial charge in [-0.1, -0.05) is 29.8 Å². The number of urea groups is 1. The van der Waals surface area contributed by atoms with Gasteiger partial charge in [-0.05, 0) is 36.8 Å². The van der Waals surface area contributed by atoms with Gasteiger partial charge in [0.15, 0.2) is 0 Å². The van der Waals surface area contributed by atoms with E-state index in [2.05, 4.69) is 10.6 Å². The van der Waals surface area contributed by atoms with Crippen LogP contribution < -0.4 is 16.4 Å². The highest BCUT2D eigenvalue weighted by atomic mass is 35.5. The maximum absolute atomic E-state index is 11.9. The number of para-hydroxylation sites is 1. The van der Waals surface area contributed by atoms with E-state index in [0.717, 1.165) is 5.56 Å². The fraction of sp³-hybridized carbons (Fsp3) is 0.0714. The van der Waals surface area contributed by atoms with Gasteiger partial charge in [0.1, 0.15) is 0 Å². The Bertz CT molecular complexity index is 593. The summed E-state index contributed by atoms with van der Waals surface area (Å²) in [5, 5.41) is 5.76. The second-order valence-electron chi connectivity index (χ2n) is 4.15. The summed E-state index contributed by atoms with van der Waals surface area (Å²) in [5.74, 6) is 0. The van der Waals surface area contributed by atoms with Gasteiger partial charge in [-0.3, -0.25) is 0 Å². The average Bonchev–Trinajstić information content (AvgIpc) is 2.34. The molecule has 19 heavy (non-hydrogen) atoms. The maximum atomic E-state index is 11.9. The Balaban J connectivity index is 2.10. The van der Waals surface area contributed by atoms with Crippen molar-refractivity contribution in [3.63, 3.8) is 0 Å². The van der Waals surface area contributed by atoms with E-state index in [1.807, 2.05) is 31.2 Å². The van der Waals surface area contributed by atoms with E-state index in [1.165, 1.54) is 0 Å². The number of aryl methyl sites for hydroxylation is 1. The predicted octanol–water partition coefficient (Wildman–Crippen LogP) is 3.87. The van der Waals surface area contributed by atoms with E-state index in [9.17, 15) is 4.79 Å². The van der Waals surface area contributed by atoms with Crippen molar-refractivity contribution >= 4 is 34.7 Å². The van der Waals surface area contributed by atoms with E-state index in [1.54, 1.807) is 18.2 Å². The van der Waals surface area contributed by atoms with E-state index < -0.39 is 0 Å². The Labute approximate surface area is 116 Å². The molecule has 0 aliphatic heterocycles. The molecule has 0 spiro atoms. The lowest BCUT2D eigenvalue weighted by atomic mass is 10.2. The number of nitrogen functional groups attached to an aromatic ring is 1. The number of benzene rings is 2. The quantitative estimate of drug-likeness (QED) is 0.728. The van der Waals surface area contributed by atoms with Crippen molar-refractivity contribution < 1.29 is 4.79 Å². The van der Waals surface area contributed by atoms with Crippen LogP contribution in [0.25, 0.3) is 0 Å². The van der Waals surface area contributed by atoms with Crippen LogP contribution >= 0.6 is 11.6 Å². The smallest absolute Gasteiger partial charge is 0.323 e. The van der Waals surface area contributed by atoms with E-state index >= 15 is 0 Å². The monoisotopic (exact) mass is 275 g/mol. The third-order valence-electron chi connectivity index (χ3n) is 2.56. The minimum absolute atomic E-state index is 0.384. The van der Waals surface area contributed by atoms with Crippen LogP contribution in [0.3, 0.4) is 0 Å². The highest BCUT2D eigenvalue weighted by Gasteiger charge is 2.08. The minimum Gasteiger partial charge on any atom is -0.397 e. The Morgan fingerprint density at radius 3 is 2.58 bits per heavy atom. The molecule has 0 saturated carbocycles. The van der Waals surface area contributed by atoms with Crippen LogP contribution in [0.5, 0.6) is 0 Å². The van der Waals surface area contributed by atoms with E-state index in [4.69, 9.17) is 17.3 Å². The van der Waals surface area contributed by atoms with Crippen LogP contribution in [0.1, 0.15) is 5.56 Å². The molecular weight excluding hydrogens is 262 g/mol. The average molecular weight is 276 g/mol.